The average molecular weight is 410 g/mol. The minimum Gasteiger partial charge on any atom is -0.378 e. The van der Waals surface area contributed by atoms with Gasteiger partial charge in [-0.1, -0.05) is 48.5 Å². The number of aromatic nitrogens is 2. The highest BCUT2D eigenvalue weighted by molar-refractivity contribution is 6.12. The van der Waals surface area contributed by atoms with Crippen molar-refractivity contribution < 1.29 is 9.53 Å². The van der Waals surface area contributed by atoms with Crippen molar-refractivity contribution >= 4 is 28.2 Å². The first-order valence-corrected chi connectivity index (χ1v) is 10.3. The first-order valence-electron chi connectivity index (χ1n) is 10.3. The second-order valence-electron chi connectivity index (χ2n) is 7.43. The third-order valence-corrected chi connectivity index (χ3v) is 5.46. The predicted molar refractivity (Wildman–Crippen MR) is 122 cm³/mol. The fourth-order valence-corrected chi connectivity index (χ4v) is 3.79. The van der Waals surface area contributed by atoms with Gasteiger partial charge < -0.3 is 15.0 Å². The van der Waals surface area contributed by atoms with Gasteiger partial charge in [0.15, 0.2) is 5.82 Å². The summed E-state index contributed by atoms with van der Waals surface area (Å²) in [5.74, 6) is 0.741. The summed E-state index contributed by atoms with van der Waals surface area (Å²) < 4.78 is 5.38. The highest BCUT2D eigenvalue weighted by atomic mass is 16.5. The number of morpholine rings is 1. The Hall–Kier alpha value is -3.77. The number of benzene rings is 3. The lowest BCUT2D eigenvalue weighted by molar-refractivity contribution is 0.102. The van der Waals surface area contributed by atoms with Gasteiger partial charge in [-0.25, -0.2) is 0 Å². The molecule has 0 aliphatic carbocycles. The molecule has 31 heavy (non-hydrogen) atoms. The van der Waals surface area contributed by atoms with Gasteiger partial charge in [-0.2, -0.15) is 0 Å². The number of fused-ring (bicyclic) bond motifs is 1. The van der Waals surface area contributed by atoms with Crippen LogP contribution in [0.3, 0.4) is 0 Å². The van der Waals surface area contributed by atoms with Crippen LogP contribution in [0.4, 0.5) is 11.5 Å². The Bertz CT molecular complexity index is 1200. The summed E-state index contributed by atoms with van der Waals surface area (Å²) in [4.78, 5) is 15.0. The van der Waals surface area contributed by atoms with Crippen molar-refractivity contribution in [2.24, 2.45) is 0 Å². The maximum absolute atomic E-state index is 12.8. The standard InChI is InChI=1S/C25H22N4O2/c30-25(22-7-3-5-18-4-1-2-6-21(18)22)26-20-10-8-19(9-11-20)23-12-13-24(28-27-23)29-14-16-31-17-15-29/h1-13H,14-17H2,(H,26,30). The van der Waals surface area contributed by atoms with Crippen LogP contribution in [-0.2, 0) is 4.74 Å². The Morgan fingerprint density at radius 3 is 2.39 bits per heavy atom. The zero-order valence-electron chi connectivity index (χ0n) is 17.0. The average Bonchev–Trinajstić information content (AvgIpc) is 2.85. The van der Waals surface area contributed by atoms with Crippen molar-refractivity contribution in [1.82, 2.24) is 10.2 Å². The van der Waals surface area contributed by atoms with Gasteiger partial charge in [-0.15, -0.1) is 10.2 Å². The fourth-order valence-electron chi connectivity index (χ4n) is 3.79. The molecule has 1 aliphatic heterocycles. The van der Waals surface area contributed by atoms with Gasteiger partial charge >= 0.3 is 0 Å². The molecule has 1 N–H and O–H groups in total. The molecule has 0 bridgehead atoms. The number of nitrogens with one attached hydrogen (secondary N) is 1. The molecule has 1 amide bonds. The van der Waals surface area contributed by atoms with Crippen molar-refractivity contribution in [3.63, 3.8) is 0 Å². The number of carbonyl (C=O) groups excluding carboxylic acids is 1. The van der Waals surface area contributed by atoms with E-state index in [0.717, 1.165) is 59.8 Å². The Morgan fingerprint density at radius 1 is 0.839 bits per heavy atom. The summed E-state index contributed by atoms with van der Waals surface area (Å²) in [6, 6.07) is 25.3. The minimum atomic E-state index is -0.126. The van der Waals surface area contributed by atoms with Crippen LogP contribution in [-0.4, -0.2) is 42.4 Å². The predicted octanol–water partition coefficient (Wildman–Crippen LogP) is 4.39. The molecule has 0 saturated carbocycles. The van der Waals surface area contributed by atoms with Gasteiger partial charge in [0.1, 0.15) is 0 Å². The Kier molecular flexibility index (Phi) is 5.29. The van der Waals surface area contributed by atoms with Crippen molar-refractivity contribution in [2.75, 3.05) is 36.5 Å². The number of carbonyl (C=O) groups is 1. The zero-order valence-corrected chi connectivity index (χ0v) is 17.0. The highest BCUT2D eigenvalue weighted by Gasteiger charge is 2.13. The number of anilines is 2. The van der Waals surface area contributed by atoms with E-state index in [1.165, 1.54) is 0 Å². The molecule has 1 aromatic heterocycles. The summed E-state index contributed by atoms with van der Waals surface area (Å²) in [6.45, 7) is 3.10. The van der Waals surface area contributed by atoms with Crippen LogP contribution in [0.25, 0.3) is 22.0 Å². The van der Waals surface area contributed by atoms with E-state index in [1.54, 1.807) is 0 Å². The maximum Gasteiger partial charge on any atom is 0.256 e. The third-order valence-electron chi connectivity index (χ3n) is 5.46. The molecule has 1 aliphatic rings. The summed E-state index contributed by atoms with van der Waals surface area (Å²) in [5.41, 5.74) is 3.14. The highest BCUT2D eigenvalue weighted by Crippen LogP contribution is 2.23. The summed E-state index contributed by atoms with van der Waals surface area (Å²) in [6.07, 6.45) is 0. The molecule has 1 saturated heterocycles. The molecule has 5 rings (SSSR count). The van der Waals surface area contributed by atoms with Gasteiger partial charge in [0, 0.05) is 29.9 Å². The molecule has 4 aromatic rings. The summed E-state index contributed by atoms with van der Waals surface area (Å²) in [5, 5.41) is 13.7. The molecule has 0 atom stereocenters. The maximum atomic E-state index is 12.8. The molecule has 3 aromatic carbocycles. The molecular weight excluding hydrogens is 388 g/mol. The number of rotatable bonds is 4. The minimum absolute atomic E-state index is 0.126. The smallest absolute Gasteiger partial charge is 0.256 e. The first kappa shape index (κ1) is 19.2. The second kappa shape index (κ2) is 8.53. The van der Waals surface area contributed by atoms with Gasteiger partial charge in [0.2, 0.25) is 0 Å². The monoisotopic (exact) mass is 410 g/mol. The van der Waals surface area contributed by atoms with E-state index in [2.05, 4.69) is 20.4 Å². The van der Waals surface area contributed by atoms with Gasteiger partial charge in [-0.3, -0.25) is 4.79 Å². The molecule has 0 spiro atoms. The molecule has 6 nitrogen and oxygen atoms in total. The normalized spacial score (nSPS) is 13.9. The Labute approximate surface area is 180 Å². The molecule has 6 heteroatoms. The van der Waals surface area contributed by atoms with Gasteiger partial charge in [0.25, 0.3) is 5.91 Å². The van der Waals surface area contributed by atoms with Crippen molar-refractivity contribution in [1.29, 1.82) is 0 Å². The van der Waals surface area contributed by atoms with E-state index >= 15 is 0 Å². The molecule has 154 valence electrons. The number of nitrogens with zero attached hydrogens (tertiary/aromatic N) is 3. The molecule has 0 unspecified atom stereocenters. The third kappa shape index (κ3) is 4.11. The Morgan fingerprint density at radius 2 is 1.61 bits per heavy atom. The SMILES string of the molecule is O=C(Nc1ccc(-c2ccc(N3CCOCC3)nn2)cc1)c1cccc2ccccc12. The van der Waals surface area contributed by atoms with Crippen LogP contribution in [0.1, 0.15) is 10.4 Å². The molecule has 0 radical (unpaired) electrons. The van der Waals surface area contributed by atoms with Crippen LogP contribution in [0, 0.1) is 0 Å². The summed E-state index contributed by atoms with van der Waals surface area (Å²) >= 11 is 0. The largest absolute Gasteiger partial charge is 0.378 e. The lowest BCUT2D eigenvalue weighted by Gasteiger charge is -2.27. The number of ether oxygens (including phenoxy) is 1. The van der Waals surface area contributed by atoms with Crippen molar-refractivity contribution in [2.45, 2.75) is 0 Å². The molecule has 2 heterocycles. The zero-order chi connectivity index (χ0) is 21.0. The van der Waals surface area contributed by atoms with Crippen LogP contribution in [0.2, 0.25) is 0 Å². The van der Waals surface area contributed by atoms with Gasteiger partial charge in [-0.05, 0) is 41.1 Å². The lowest BCUT2D eigenvalue weighted by atomic mass is 10.0. The van der Waals surface area contributed by atoms with E-state index in [4.69, 9.17) is 4.74 Å². The van der Waals surface area contributed by atoms with E-state index in [-0.39, 0.29) is 5.91 Å². The lowest BCUT2D eigenvalue weighted by Crippen LogP contribution is -2.36. The molecule has 1 fully saturated rings. The second-order valence-corrected chi connectivity index (χ2v) is 7.43. The van der Waals surface area contributed by atoms with Crippen molar-refractivity contribution in [3.8, 4) is 11.3 Å². The van der Waals surface area contributed by atoms with Crippen molar-refractivity contribution in [3.05, 3.63) is 84.4 Å². The quantitative estimate of drug-likeness (QED) is 0.541. The van der Waals surface area contributed by atoms with Gasteiger partial charge in [0.05, 0.1) is 18.9 Å². The topological polar surface area (TPSA) is 67.4 Å². The van der Waals surface area contributed by atoms with Crippen LogP contribution >= 0.6 is 0 Å². The first-order chi connectivity index (χ1) is 15.3. The summed E-state index contributed by atoms with van der Waals surface area (Å²) in [7, 11) is 0. The molecular formula is C25H22N4O2. The van der Waals surface area contributed by atoms with E-state index < -0.39 is 0 Å². The Balaban J connectivity index is 1.30. The van der Waals surface area contributed by atoms with Crippen LogP contribution in [0.15, 0.2) is 78.9 Å². The van der Waals surface area contributed by atoms with E-state index in [9.17, 15) is 4.79 Å². The number of hydrogen-bond acceptors (Lipinski definition) is 5. The fraction of sp³-hybridized carbons (Fsp3) is 0.160. The number of hydrogen-bond donors (Lipinski definition) is 1. The van der Waals surface area contributed by atoms with Crippen LogP contribution < -0.4 is 10.2 Å². The van der Waals surface area contributed by atoms with E-state index in [1.807, 2.05) is 78.9 Å². The van der Waals surface area contributed by atoms with E-state index in [0.29, 0.717) is 5.56 Å². The number of amides is 1. The van der Waals surface area contributed by atoms with Crippen LogP contribution in [0.5, 0.6) is 0 Å².